The molecule has 0 aliphatic heterocycles. The number of ether oxygens (including phenoxy) is 2. The standard InChI is InChI=1S/C18H32O7S.Na/c1-3-5-7-8-9-10-11-12-14-24-17(19)15-16(26(21,22)23)18(20)25-13-6-4-2;/h4,6,16H,3,5,7-15H2,1-2H3,(H,21,22,23);/q;+1/p-1/b6-4+;. The van der Waals surface area contributed by atoms with Crippen molar-refractivity contribution in [1.82, 2.24) is 0 Å². The van der Waals surface area contributed by atoms with Gasteiger partial charge in [0.05, 0.1) is 13.0 Å². The maximum absolute atomic E-state index is 11.7. The molecule has 0 amide bonds. The Hall–Kier alpha value is -0.410. The summed E-state index contributed by atoms with van der Waals surface area (Å²) in [6.45, 7) is 3.85. The van der Waals surface area contributed by atoms with Crippen molar-refractivity contribution in [2.75, 3.05) is 13.2 Å². The Balaban J connectivity index is 0. The predicted molar refractivity (Wildman–Crippen MR) is 97.4 cm³/mol. The third kappa shape index (κ3) is 16.3. The van der Waals surface area contributed by atoms with E-state index in [1.54, 1.807) is 13.0 Å². The van der Waals surface area contributed by atoms with Gasteiger partial charge in [0.15, 0.2) is 5.25 Å². The van der Waals surface area contributed by atoms with Gasteiger partial charge in [-0.1, -0.05) is 64.0 Å². The molecule has 0 saturated heterocycles. The molecule has 0 aliphatic rings. The van der Waals surface area contributed by atoms with Crippen molar-refractivity contribution in [3.05, 3.63) is 12.2 Å². The van der Waals surface area contributed by atoms with E-state index < -0.39 is 33.7 Å². The zero-order chi connectivity index (χ0) is 19.8. The Morgan fingerprint density at radius 3 is 2.07 bits per heavy atom. The molecule has 0 heterocycles. The fourth-order valence-corrected chi connectivity index (χ4v) is 2.90. The molecule has 27 heavy (non-hydrogen) atoms. The van der Waals surface area contributed by atoms with E-state index in [2.05, 4.69) is 11.7 Å². The molecule has 0 saturated carbocycles. The van der Waals surface area contributed by atoms with Crippen LogP contribution in [0.1, 0.15) is 71.6 Å². The Morgan fingerprint density at radius 1 is 1.00 bits per heavy atom. The van der Waals surface area contributed by atoms with Gasteiger partial charge in [-0.3, -0.25) is 9.59 Å². The van der Waals surface area contributed by atoms with Gasteiger partial charge < -0.3 is 14.0 Å². The normalized spacial score (nSPS) is 12.4. The summed E-state index contributed by atoms with van der Waals surface area (Å²) < 4.78 is 43.1. The monoisotopic (exact) mass is 414 g/mol. The molecule has 0 aromatic heterocycles. The van der Waals surface area contributed by atoms with Crippen molar-refractivity contribution < 1.29 is 61.6 Å². The van der Waals surface area contributed by atoms with Crippen LogP contribution in [0.4, 0.5) is 0 Å². The Bertz CT molecular complexity index is 532. The van der Waals surface area contributed by atoms with E-state index in [0.29, 0.717) is 6.42 Å². The number of rotatable bonds is 15. The molecule has 0 aromatic carbocycles. The number of hydrogen-bond donors (Lipinski definition) is 0. The Labute approximate surface area is 185 Å². The Kier molecular flexibility index (Phi) is 18.8. The van der Waals surface area contributed by atoms with Gasteiger partial charge >= 0.3 is 41.5 Å². The largest absolute Gasteiger partial charge is 1.00 e. The van der Waals surface area contributed by atoms with Crippen molar-refractivity contribution in [3.63, 3.8) is 0 Å². The number of carbonyl (C=O) groups is 2. The van der Waals surface area contributed by atoms with Crippen LogP contribution in [0.2, 0.25) is 0 Å². The summed E-state index contributed by atoms with van der Waals surface area (Å²) >= 11 is 0. The first-order valence-corrected chi connectivity index (χ1v) is 10.7. The van der Waals surface area contributed by atoms with E-state index >= 15 is 0 Å². The molecule has 7 nitrogen and oxygen atoms in total. The molecular formula is C18H31NaO7S. The maximum Gasteiger partial charge on any atom is 1.00 e. The summed E-state index contributed by atoms with van der Waals surface area (Å²) in [5.74, 6) is -2.12. The van der Waals surface area contributed by atoms with Crippen molar-refractivity contribution in [3.8, 4) is 0 Å². The molecule has 0 spiro atoms. The molecule has 0 bridgehead atoms. The van der Waals surface area contributed by atoms with Gasteiger partial charge in [-0.25, -0.2) is 8.42 Å². The maximum atomic E-state index is 11.7. The van der Waals surface area contributed by atoms with Crippen LogP contribution in [0.25, 0.3) is 0 Å². The van der Waals surface area contributed by atoms with E-state index in [1.165, 1.54) is 31.8 Å². The van der Waals surface area contributed by atoms with Gasteiger partial charge in [-0.2, -0.15) is 0 Å². The van der Waals surface area contributed by atoms with Crippen LogP contribution in [-0.4, -0.2) is 43.4 Å². The van der Waals surface area contributed by atoms with Crippen LogP contribution in [0.15, 0.2) is 12.2 Å². The zero-order valence-electron chi connectivity index (χ0n) is 16.8. The number of unbranched alkanes of at least 4 members (excludes halogenated alkanes) is 7. The number of carbonyl (C=O) groups excluding carboxylic acids is 2. The second-order valence-corrected chi connectivity index (χ2v) is 7.63. The van der Waals surface area contributed by atoms with E-state index in [0.717, 1.165) is 19.3 Å². The van der Waals surface area contributed by atoms with Crippen LogP contribution < -0.4 is 29.6 Å². The molecule has 152 valence electrons. The molecule has 1 atom stereocenters. The second kappa shape index (κ2) is 17.7. The van der Waals surface area contributed by atoms with Crippen LogP contribution in [-0.2, 0) is 29.2 Å². The fourth-order valence-electron chi connectivity index (χ4n) is 2.25. The summed E-state index contributed by atoms with van der Waals surface area (Å²) in [5, 5.41) is -2.07. The molecule has 0 aromatic rings. The zero-order valence-corrected chi connectivity index (χ0v) is 19.6. The van der Waals surface area contributed by atoms with Gasteiger partial charge in [0.2, 0.25) is 0 Å². The van der Waals surface area contributed by atoms with E-state index in [4.69, 9.17) is 4.74 Å². The van der Waals surface area contributed by atoms with Crippen LogP contribution in [0, 0.1) is 0 Å². The summed E-state index contributed by atoms with van der Waals surface area (Å²) in [6.07, 6.45) is 10.9. The molecule has 0 N–H and O–H groups in total. The molecular weight excluding hydrogens is 383 g/mol. The van der Waals surface area contributed by atoms with Gasteiger partial charge in [-0.05, 0) is 13.3 Å². The summed E-state index contributed by atoms with van der Waals surface area (Å²) in [6, 6.07) is 0. The number of allylic oxidation sites excluding steroid dienone is 1. The topological polar surface area (TPSA) is 110 Å². The first kappa shape index (κ1) is 28.8. The molecule has 0 rings (SSSR count). The quantitative estimate of drug-likeness (QED) is 0.123. The van der Waals surface area contributed by atoms with Crippen LogP contribution >= 0.6 is 0 Å². The van der Waals surface area contributed by atoms with E-state index in [-0.39, 0.29) is 42.8 Å². The van der Waals surface area contributed by atoms with Crippen molar-refractivity contribution >= 4 is 22.1 Å². The average molecular weight is 414 g/mol. The average Bonchev–Trinajstić information content (AvgIpc) is 2.57. The van der Waals surface area contributed by atoms with Crippen molar-refractivity contribution in [2.45, 2.75) is 76.9 Å². The smallest absolute Gasteiger partial charge is 0.747 e. The van der Waals surface area contributed by atoms with Crippen LogP contribution in [0.3, 0.4) is 0 Å². The van der Waals surface area contributed by atoms with Gasteiger partial charge in [0, 0.05) is 0 Å². The van der Waals surface area contributed by atoms with Crippen LogP contribution in [0.5, 0.6) is 0 Å². The summed E-state index contributed by atoms with van der Waals surface area (Å²) in [7, 11) is -5.00. The second-order valence-electron chi connectivity index (χ2n) is 6.08. The number of hydrogen-bond acceptors (Lipinski definition) is 7. The molecule has 0 aliphatic carbocycles. The minimum absolute atomic E-state index is 0. The van der Waals surface area contributed by atoms with E-state index in [9.17, 15) is 22.6 Å². The third-order valence-electron chi connectivity index (χ3n) is 3.78. The van der Waals surface area contributed by atoms with Gasteiger partial charge in [-0.15, -0.1) is 0 Å². The fraction of sp³-hybridized carbons (Fsp3) is 0.778. The van der Waals surface area contributed by atoms with Crippen molar-refractivity contribution in [2.24, 2.45) is 0 Å². The number of esters is 2. The van der Waals surface area contributed by atoms with Crippen molar-refractivity contribution in [1.29, 1.82) is 0 Å². The predicted octanol–water partition coefficient (Wildman–Crippen LogP) is 0.0975. The summed E-state index contributed by atoms with van der Waals surface area (Å²) in [4.78, 5) is 23.4. The first-order valence-electron chi connectivity index (χ1n) is 9.21. The molecule has 0 radical (unpaired) electrons. The minimum atomic E-state index is -5.00. The Morgan fingerprint density at radius 2 is 1.56 bits per heavy atom. The third-order valence-corrected chi connectivity index (χ3v) is 4.84. The van der Waals surface area contributed by atoms with Gasteiger partial charge in [0.25, 0.3) is 0 Å². The molecule has 9 heteroatoms. The van der Waals surface area contributed by atoms with E-state index in [1.807, 2.05) is 0 Å². The molecule has 0 fully saturated rings. The minimum Gasteiger partial charge on any atom is -0.747 e. The van der Waals surface area contributed by atoms with Gasteiger partial charge in [0.1, 0.15) is 16.7 Å². The first-order chi connectivity index (χ1) is 12.3. The molecule has 1 unspecified atom stereocenters. The SMILES string of the molecule is C/C=C/COC(=O)C(CC(=O)OCCCCCCCCCC)S(=O)(=O)[O-].[Na+]. The summed E-state index contributed by atoms with van der Waals surface area (Å²) in [5.41, 5.74) is 0.